The third kappa shape index (κ3) is 5.90. The van der Waals surface area contributed by atoms with E-state index in [1.165, 1.54) is 12.8 Å². The topological polar surface area (TPSA) is 20.2 Å². The molecule has 1 nitrogen and oxygen atoms in total. The summed E-state index contributed by atoms with van der Waals surface area (Å²) in [6.07, 6.45) is 3.86. The first-order valence-electron chi connectivity index (χ1n) is 4.26. The Kier molecular flexibility index (Phi) is 5.91. The summed E-state index contributed by atoms with van der Waals surface area (Å²) in [5, 5.41) is 9.06. The fourth-order valence-corrected chi connectivity index (χ4v) is 1.01. The fourth-order valence-electron chi connectivity index (χ4n) is 1.01. The van der Waals surface area contributed by atoms with Crippen LogP contribution in [0.5, 0.6) is 0 Å². The van der Waals surface area contributed by atoms with Crippen LogP contribution in [0.15, 0.2) is 17.9 Å². The van der Waals surface area contributed by atoms with Crippen molar-refractivity contribution in [3.63, 3.8) is 0 Å². The number of hydrogen-bond donors (Lipinski definition) is 1. The maximum Gasteiger partial charge on any atom is 0.0555 e. The van der Waals surface area contributed by atoms with E-state index in [1.54, 1.807) is 6.92 Å². The highest BCUT2D eigenvalue weighted by molar-refractivity contribution is 4.99. The van der Waals surface area contributed by atoms with Gasteiger partial charge in [-0.25, -0.2) is 0 Å². The van der Waals surface area contributed by atoms with Crippen molar-refractivity contribution in [2.24, 2.45) is 0 Å². The molecule has 1 heteroatoms. The number of hydrogen-bond acceptors (Lipinski definition) is 1. The van der Waals surface area contributed by atoms with Crippen LogP contribution in [0, 0.1) is 0 Å². The summed E-state index contributed by atoms with van der Waals surface area (Å²) >= 11 is 0. The lowest BCUT2D eigenvalue weighted by molar-refractivity contribution is 0.194. The van der Waals surface area contributed by atoms with E-state index in [2.05, 4.69) is 19.2 Å². The van der Waals surface area contributed by atoms with E-state index in [0.717, 1.165) is 18.4 Å². The van der Waals surface area contributed by atoms with Gasteiger partial charge in [0, 0.05) is 6.42 Å². The molecule has 0 saturated carbocycles. The van der Waals surface area contributed by atoms with Crippen molar-refractivity contribution >= 4 is 0 Å². The summed E-state index contributed by atoms with van der Waals surface area (Å²) in [6.45, 7) is 7.54. The van der Waals surface area contributed by atoms with Crippen LogP contribution in [0.2, 0.25) is 0 Å². The van der Waals surface area contributed by atoms with E-state index in [4.69, 9.17) is 5.11 Å². The van der Waals surface area contributed by atoms with Crippen molar-refractivity contribution in [3.05, 3.63) is 17.9 Å². The molecule has 0 bridgehead atoms. The lowest BCUT2D eigenvalue weighted by Crippen LogP contribution is -2.00. The van der Waals surface area contributed by atoms with Crippen LogP contribution >= 0.6 is 0 Å². The summed E-state index contributed by atoms with van der Waals surface area (Å²) in [4.78, 5) is 0. The minimum Gasteiger partial charge on any atom is -0.393 e. The zero-order valence-electron chi connectivity index (χ0n) is 7.56. The third-order valence-corrected chi connectivity index (χ3v) is 1.62. The van der Waals surface area contributed by atoms with Gasteiger partial charge in [-0.15, -0.1) is 5.73 Å². The van der Waals surface area contributed by atoms with Gasteiger partial charge in [-0.2, -0.15) is 0 Å². The van der Waals surface area contributed by atoms with Gasteiger partial charge in [-0.05, 0) is 25.3 Å². The van der Waals surface area contributed by atoms with Crippen LogP contribution in [0.3, 0.4) is 0 Å². The van der Waals surface area contributed by atoms with Crippen LogP contribution < -0.4 is 0 Å². The summed E-state index contributed by atoms with van der Waals surface area (Å²) < 4.78 is 0. The van der Waals surface area contributed by atoms with E-state index in [-0.39, 0.29) is 6.10 Å². The minimum absolute atomic E-state index is 0.254. The molecule has 0 aromatic carbocycles. The van der Waals surface area contributed by atoms with Crippen molar-refractivity contribution in [1.82, 2.24) is 0 Å². The second-order valence-electron chi connectivity index (χ2n) is 2.94. The van der Waals surface area contributed by atoms with Gasteiger partial charge in [0.25, 0.3) is 0 Å². The molecule has 1 unspecified atom stereocenters. The van der Waals surface area contributed by atoms with Crippen LogP contribution in [-0.2, 0) is 0 Å². The molecule has 64 valence electrons. The lowest BCUT2D eigenvalue weighted by Gasteiger charge is -2.05. The molecule has 0 amide bonds. The molecule has 1 atom stereocenters. The molecule has 0 aromatic rings. The highest BCUT2D eigenvalue weighted by atomic mass is 16.3. The van der Waals surface area contributed by atoms with Crippen LogP contribution in [0.4, 0.5) is 0 Å². The van der Waals surface area contributed by atoms with Crippen molar-refractivity contribution in [2.75, 3.05) is 0 Å². The summed E-state index contributed by atoms with van der Waals surface area (Å²) in [5.41, 5.74) is 4.03. The Bertz CT molecular complexity index is 141. The van der Waals surface area contributed by atoms with Crippen LogP contribution in [-0.4, -0.2) is 11.2 Å². The second-order valence-corrected chi connectivity index (χ2v) is 2.94. The van der Waals surface area contributed by atoms with Crippen LogP contribution in [0.25, 0.3) is 0 Å². The molecular formula is C10H18O. The van der Waals surface area contributed by atoms with E-state index in [1.807, 2.05) is 0 Å². The first-order valence-corrected chi connectivity index (χ1v) is 4.26. The zero-order valence-corrected chi connectivity index (χ0v) is 7.56. The van der Waals surface area contributed by atoms with Gasteiger partial charge in [-0.1, -0.05) is 19.9 Å². The predicted molar refractivity (Wildman–Crippen MR) is 48.5 cm³/mol. The molecular weight excluding hydrogens is 136 g/mol. The van der Waals surface area contributed by atoms with E-state index >= 15 is 0 Å². The Labute approximate surface area is 69.4 Å². The SMILES string of the molecule is C=C=C(CCCC)CC(C)O. The van der Waals surface area contributed by atoms with Crippen molar-refractivity contribution < 1.29 is 5.11 Å². The molecule has 1 N–H and O–H groups in total. The molecule has 0 fully saturated rings. The van der Waals surface area contributed by atoms with E-state index in [9.17, 15) is 0 Å². The molecule has 0 aliphatic heterocycles. The quantitative estimate of drug-likeness (QED) is 0.603. The maximum absolute atomic E-state index is 9.06. The zero-order chi connectivity index (χ0) is 8.69. The number of aliphatic hydroxyl groups is 1. The van der Waals surface area contributed by atoms with Crippen molar-refractivity contribution in [2.45, 2.75) is 45.6 Å². The number of rotatable bonds is 5. The van der Waals surface area contributed by atoms with Crippen molar-refractivity contribution in [1.29, 1.82) is 0 Å². The van der Waals surface area contributed by atoms with Gasteiger partial charge in [0.1, 0.15) is 0 Å². The largest absolute Gasteiger partial charge is 0.393 e. The Balaban J connectivity index is 3.69. The average Bonchev–Trinajstić information content (AvgIpc) is 1.97. The van der Waals surface area contributed by atoms with E-state index in [0.29, 0.717) is 0 Å². The molecule has 0 rings (SSSR count). The number of aliphatic hydroxyl groups excluding tert-OH is 1. The van der Waals surface area contributed by atoms with Gasteiger partial charge in [-0.3, -0.25) is 0 Å². The van der Waals surface area contributed by atoms with Gasteiger partial charge < -0.3 is 5.11 Å². The number of unbranched alkanes of at least 4 members (excludes halogenated alkanes) is 1. The minimum atomic E-state index is -0.254. The fraction of sp³-hybridized carbons (Fsp3) is 0.700. The van der Waals surface area contributed by atoms with E-state index < -0.39 is 0 Å². The summed E-state index contributed by atoms with van der Waals surface area (Å²) in [5.74, 6) is 0. The standard InChI is InChI=1S/C10H18O/c1-4-6-7-10(5-2)8-9(3)11/h9,11H,2,4,6-8H2,1,3H3. The normalized spacial score (nSPS) is 12.3. The molecule has 11 heavy (non-hydrogen) atoms. The highest BCUT2D eigenvalue weighted by Gasteiger charge is 2.00. The molecule has 0 radical (unpaired) electrons. The third-order valence-electron chi connectivity index (χ3n) is 1.62. The molecule has 0 heterocycles. The molecule has 0 saturated heterocycles. The smallest absolute Gasteiger partial charge is 0.0555 e. The first-order chi connectivity index (χ1) is 5.20. The maximum atomic E-state index is 9.06. The Hall–Kier alpha value is -0.520. The Morgan fingerprint density at radius 1 is 1.64 bits per heavy atom. The monoisotopic (exact) mass is 154 g/mol. The van der Waals surface area contributed by atoms with Gasteiger partial charge in [0.05, 0.1) is 6.10 Å². The highest BCUT2D eigenvalue weighted by Crippen LogP contribution is 2.11. The van der Waals surface area contributed by atoms with Gasteiger partial charge in [0.15, 0.2) is 0 Å². The lowest BCUT2D eigenvalue weighted by atomic mass is 10.0. The Morgan fingerprint density at radius 2 is 2.27 bits per heavy atom. The second kappa shape index (κ2) is 6.21. The Morgan fingerprint density at radius 3 is 2.64 bits per heavy atom. The molecule has 0 aliphatic rings. The predicted octanol–water partition coefficient (Wildman–Crippen LogP) is 2.66. The first kappa shape index (κ1) is 10.5. The summed E-state index contributed by atoms with van der Waals surface area (Å²) in [7, 11) is 0. The summed E-state index contributed by atoms with van der Waals surface area (Å²) in [6, 6.07) is 0. The van der Waals surface area contributed by atoms with Crippen LogP contribution in [0.1, 0.15) is 39.5 Å². The molecule has 0 aliphatic carbocycles. The molecule has 0 spiro atoms. The van der Waals surface area contributed by atoms with Gasteiger partial charge in [0.2, 0.25) is 0 Å². The van der Waals surface area contributed by atoms with Crippen molar-refractivity contribution in [3.8, 4) is 0 Å². The molecule has 0 aromatic heterocycles. The average molecular weight is 154 g/mol. The van der Waals surface area contributed by atoms with Gasteiger partial charge >= 0.3 is 0 Å².